The molecule has 0 saturated heterocycles. The average Bonchev–Trinajstić information content (AvgIpc) is 2.64. The summed E-state index contributed by atoms with van der Waals surface area (Å²) < 4.78 is 0. The van der Waals surface area contributed by atoms with Gasteiger partial charge in [0.15, 0.2) is 0 Å². The van der Waals surface area contributed by atoms with Crippen LogP contribution in [0.5, 0.6) is 0 Å². The van der Waals surface area contributed by atoms with E-state index in [4.69, 9.17) is 22.0 Å². The summed E-state index contributed by atoms with van der Waals surface area (Å²) in [5.74, 6) is 0. The van der Waals surface area contributed by atoms with E-state index >= 15 is 0 Å². The van der Waals surface area contributed by atoms with Crippen molar-refractivity contribution in [3.63, 3.8) is 0 Å². The standard InChI is InChI=1S/C20H14N4/c21-11-13-1-5-15(6-2-13)17-9-10-18(20(24)19(17)23)16-7-3-14(12-22)4-8-16/h1-10H,23-24H2. The molecular formula is C20H14N4. The van der Waals surface area contributed by atoms with Gasteiger partial charge in [-0.25, -0.2) is 0 Å². The molecule has 0 aliphatic rings. The molecule has 4 N–H and O–H groups in total. The van der Waals surface area contributed by atoms with E-state index in [1.54, 1.807) is 24.3 Å². The highest BCUT2D eigenvalue weighted by molar-refractivity contribution is 5.93. The molecule has 0 aliphatic carbocycles. The van der Waals surface area contributed by atoms with Gasteiger partial charge in [-0.1, -0.05) is 36.4 Å². The number of hydrogen-bond acceptors (Lipinski definition) is 4. The summed E-state index contributed by atoms with van der Waals surface area (Å²) in [5.41, 5.74) is 18.1. The van der Waals surface area contributed by atoms with Gasteiger partial charge < -0.3 is 11.5 Å². The van der Waals surface area contributed by atoms with E-state index in [2.05, 4.69) is 12.1 Å². The fourth-order valence-corrected chi connectivity index (χ4v) is 2.59. The Kier molecular flexibility index (Phi) is 3.89. The van der Waals surface area contributed by atoms with Crippen LogP contribution in [0.3, 0.4) is 0 Å². The van der Waals surface area contributed by atoms with Gasteiger partial charge >= 0.3 is 0 Å². The van der Waals surface area contributed by atoms with Crippen LogP contribution in [0.2, 0.25) is 0 Å². The van der Waals surface area contributed by atoms with E-state index in [0.717, 1.165) is 22.3 Å². The van der Waals surface area contributed by atoms with E-state index in [9.17, 15) is 0 Å². The van der Waals surface area contributed by atoms with Crippen LogP contribution >= 0.6 is 0 Å². The van der Waals surface area contributed by atoms with Gasteiger partial charge in [-0.3, -0.25) is 0 Å². The molecule has 3 rings (SSSR count). The molecule has 0 heterocycles. The number of nitrogens with zero attached hydrogens (tertiary/aromatic N) is 2. The van der Waals surface area contributed by atoms with E-state index < -0.39 is 0 Å². The van der Waals surface area contributed by atoms with Crippen molar-refractivity contribution in [1.29, 1.82) is 10.5 Å². The Hall–Kier alpha value is -3.76. The number of rotatable bonds is 2. The van der Waals surface area contributed by atoms with Gasteiger partial charge in [0, 0.05) is 11.1 Å². The second kappa shape index (κ2) is 6.16. The van der Waals surface area contributed by atoms with E-state index in [1.807, 2.05) is 36.4 Å². The summed E-state index contributed by atoms with van der Waals surface area (Å²) in [6.45, 7) is 0. The Morgan fingerprint density at radius 1 is 0.542 bits per heavy atom. The van der Waals surface area contributed by atoms with Crippen LogP contribution in [0.15, 0.2) is 60.7 Å². The maximum absolute atomic E-state index is 8.88. The van der Waals surface area contributed by atoms with Gasteiger partial charge in [0.05, 0.1) is 34.6 Å². The fourth-order valence-electron chi connectivity index (χ4n) is 2.59. The normalized spacial score (nSPS) is 9.92. The zero-order valence-electron chi connectivity index (χ0n) is 12.8. The Bertz CT molecular complexity index is 890. The molecule has 3 aromatic rings. The van der Waals surface area contributed by atoms with Gasteiger partial charge in [0.1, 0.15) is 0 Å². The molecule has 24 heavy (non-hydrogen) atoms. The zero-order valence-corrected chi connectivity index (χ0v) is 12.8. The number of nitrogens with two attached hydrogens (primary N) is 2. The van der Waals surface area contributed by atoms with Crippen LogP contribution in [-0.4, -0.2) is 0 Å². The van der Waals surface area contributed by atoms with Crippen LogP contribution in [0.1, 0.15) is 11.1 Å². The molecule has 0 atom stereocenters. The van der Waals surface area contributed by atoms with Crippen molar-refractivity contribution in [3.05, 3.63) is 71.8 Å². The summed E-state index contributed by atoms with van der Waals surface area (Å²) in [6, 6.07) is 22.4. The number of nitrogen functional groups attached to an aromatic ring is 2. The molecular weight excluding hydrogens is 296 g/mol. The van der Waals surface area contributed by atoms with Gasteiger partial charge in [-0.05, 0) is 35.4 Å². The maximum Gasteiger partial charge on any atom is 0.0991 e. The Morgan fingerprint density at radius 2 is 0.875 bits per heavy atom. The minimum atomic E-state index is 0.501. The quantitative estimate of drug-likeness (QED) is 0.700. The number of nitriles is 2. The minimum absolute atomic E-state index is 0.501. The molecule has 0 aromatic heterocycles. The van der Waals surface area contributed by atoms with Gasteiger partial charge in [-0.15, -0.1) is 0 Å². The van der Waals surface area contributed by atoms with Crippen molar-refractivity contribution >= 4 is 11.4 Å². The van der Waals surface area contributed by atoms with E-state index in [1.165, 1.54) is 0 Å². The lowest BCUT2D eigenvalue weighted by atomic mass is 9.95. The van der Waals surface area contributed by atoms with Crippen LogP contribution in [0, 0.1) is 22.7 Å². The average molecular weight is 310 g/mol. The predicted molar refractivity (Wildman–Crippen MR) is 95.6 cm³/mol. The summed E-state index contributed by atoms with van der Waals surface area (Å²) >= 11 is 0. The second-order valence-corrected chi connectivity index (χ2v) is 5.37. The van der Waals surface area contributed by atoms with Crippen molar-refractivity contribution in [2.75, 3.05) is 11.5 Å². The molecule has 0 spiro atoms. The number of benzene rings is 3. The molecule has 0 bridgehead atoms. The van der Waals surface area contributed by atoms with Crippen LogP contribution < -0.4 is 11.5 Å². The smallest absolute Gasteiger partial charge is 0.0991 e. The lowest BCUT2D eigenvalue weighted by molar-refractivity contribution is 1.48. The third-order valence-electron chi connectivity index (χ3n) is 3.94. The third kappa shape index (κ3) is 2.65. The van der Waals surface area contributed by atoms with E-state index in [-0.39, 0.29) is 0 Å². The van der Waals surface area contributed by atoms with Gasteiger partial charge in [-0.2, -0.15) is 10.5 Å². The van der Waals surface area contributed by atoms with Crippen molar-refractivity contribution < 1.29 is 0 Å². The third-order valence-corrected chi connectivity index (χ3v) is 3.94. The molecule has 114 valence electrons. The van der Waals surface area contributed by atoms with Crippen molar-refractivity contribution in [1.82, 2.24) is 0 Å². The highest BCUT2D eigenvalue weighted by atomic mass is 14.7. The Labute approximate surface area is 140 Å². The summed E-state index contributed by atoms with van der Waals surface area (Å²) in [5, 5.41) is 17.8. The zero-order chi connectivity index (χ0) is 17.1. The largest absolute Gasteiger partial charge is 0.397 e. The first kappa shape index (κ1) is 15.1. The van der Waals surface area contributed by atoms with Crippen LogP contribution in [-0.2, 0) is 0 Å². The van der Waals surface area contributed by atoms with Crippen LogP contribution in [0.4, 0.5) is 11.4 Å². The summed E-state index contributed by atoms with van der Waals surface area (Å²) in [7, 11) is 0. The molecule has 0 fully saturated rings. The number of anilines is 2. The van der Waals surface area contributed by atoms with Gasteiger partial charge in [0.2, 0.25) is 0 Å². The molecule has 0 unspecified atom stereocenters. The second-order valence-electron chi connectivity index (χ2n) is 5.37. The fraction of sp³-hybridized carbons (Fsp3) is 0. The first-order valence-electron chi connectivity index (χ1n) is 7.33. The van der Waals surface area contributed by atoms with Crippen molar-refractivity contribution in [2.45, 2.75) is 0 Å². The molecule has 0 saturated carbocycles. The highest BCUT2D eigenvalue weighted by Gasteiger charge is 2.11. The van der Waals surface area contributed by atoms with Crippen molar-refractivity contribution in [2.24, 2.45) is 0 Å². The minimum Gasteiger partial charge on any atom is -0.397 e. The van der Waals surface area contributed by atoms with E-state index in [0.29, 0.717) is 22.5 Å². The highest BCUT2D eigenvalue weighted by Crippen LogP contribution is 2.37. The maximum atomic E-state index is 8.88. The molecule has 0 amide bonds. The molecule has 3 aromatic carbocycles. The first-order chi connectivity index (χ1) is 11.6. The Morgan fingerprint density at radius 3 is 1.17 bits per heavy atom. The SMILES string of the molecule is N#Cc1ccc(-c2ccc(-c3ccc(C#N)cc3)c(N)c2N)cc1. The molecule has 0 aliphatic heterocycles. The first-order valence-corrected chi connectivity index (χ1v) is 7.33. The van der Waals surface area contributed by atoms with Crippen molar-refractivity contribution in [3.8, 4) is 34.4 Å². The summed E-state index contributed by atoms with van der Waals surface area (Å²) in [6.07, 6.45) is 0. The molecule has 4 heteroatoms. The topological polar surface area (TPSA) is 99.6 Å². The number of hydrogen-bond donors (Lipinski definition) is 2. The van der Waals surface area contributed by atoms with Gasteiger partial charge in [0.25, 0.3) is 0 Å². The summed E-state index contributed by atoms with van der Waals surface area (Å²) in [4.78, 5) is 0. The molecule has 4 nitrogen and oxygen atoms in total. The predicted octanol–water partition coefficient (Wildman–Crippen LogP) is 3.93. The monoisotopic (exact) mass is 310 g/mol. The molecule has 0 radical (unpaired) electrons. The Balaban J connectivity index is 2.05. The lowest BCUT2D eigenvalue weighted by Crippen LogP contribution is -2.00. The lowest BCUT2D eigenvalue weighted by Gasteiger charge is -2.13. The van der Waals surface area contributed by atoms with Crippen LogP contribution in [0.25, 0.3) is 22.3 Å².